The number of rotatable bonds is 19. The second-order valence-electron chi connectivity index (χ2n) is 10.6. The van der Waals surface area contributed by atoms with Crippen LogP contribution in [0, 0.1) is 5.82 Å². The molecule has 1 aliphatic rings. The minimum atomic E-state index is -0.409. The lowest BCUT2D eigenvalue weighted by Gasteiger charge is -2.21. The number of unbranched alkanes of at least 4 members (excludes halogenated alkanes) is 11. The zero-order chi connectivity index (χ0) is 27.7. The van der Waals surface area contributed by atoms with Crippen molar-refractivity contribution in [2.45, 2.75) is 104 Å². The number of hydrogen-bond acceptors (Lipinski definition) is 4. The number of nitrogens with zero attached hydrogens (tertiary/aromatic N) is 1. The molecule has 0 radical (unpaired) electrons. The van der Waals surface area contributed by atoms with Crippen LogP contribution in [0.2, 0.25) is 0 Å². The summed E-state index contributed by atoms with van der Waals surface area (Å²) in [6.07, 6.45) is 15.3. The summed E-state index contributed by atoms with van der Waals surface area (Å²) in [4.78, 5) is 15.3. The quantitative estimate of drug-likeness (QED) is 0.156. The summed E-state index contributed by atoms with van der Waals surface area (Å²) < 4.78 is 20.5. The van der Waals surface area contributed by atoms with Crippen LogP contribution in [0.15, 0.2) is 53.6 Å². The Morgan fingerprint density at radius 2 is 1.52 bits per heavy atom. The summed E-state index contributed by atoms with van der Waals surface area (Å²) in [6, 6.07) is 12.7. The Morgan fingerprint density at radius 1 is 0.900 bits per heavy atom. The van der Waals surface area contributed by atoms with E-state index in [1.807, 2.05) is 24.3 Å². The number of allylic oxidation sites excluding steroid dienone is 1. The second kappa shape index (κ2) is 20.0. The fraction of sp³-hybridized carbons (Fsp3) is 0.545. The molecule has 0 atom stereocenters. The van der Waals surface area contributed by atoms with Gasteiger partial charge in [-0.15, -0.1) is 28.7 Å². The van der Waals surface area contributed by atoms with Crippen molar-refractivity contribution in [3.63, 3.8) is 0 Å². The third-order valence-corrected chi connectivity index (χ3v) is 8.25. The average Bonchev–Trinajstić information content (AvgIpc) is 3.33. The molecule has 222 valence electrons. The van der Waals surface area contributed by atoms with E-state index in [-0.39, 0.29) is 35.1 Å². The number of benzene rings is 2. The number of hydrogen-bond donors (Lipinski definition) is 1. The van der Waals surface area contributed by atoms with Crippen molar-refractivity contribution in [1.29, 1.82) is 0 Å². The molecule has 40 heavy (non-hydrogen) atoms. The molecule has 1 N–H and O–H groups in total. The van der Waals surface area contributed by atoms with E-state index in [4.69, 9.17) is 4.74 Å². The Bertz CT molecular complexity index is 1050. The van der Waals surface area contributed by atoms with Gasteiger partial charge in [-0.3, -0.25) is 4.79 Å². The van der Waals surface area contributed by atoms with Crippen LogP contribution in [0.1, 0.15) is 102 Å². The van der Waals surface area contributed by atoms with E-state index < -0.39 is 5.82 Å². The van der Waals surface area contributed by atoms with E-state index in [0.29, 0.717) is 12.2 Å². The Labute approximate surface area is 256 Å². The molecule has 0 bridgehead atoms. The molecule has 7 heteroatoms. The van der Waals surface area contributed by atoms with Crippen molar-refractivity contribution in [3.8, 4) is 5.75 Å². The molecule has 0 aromatic heterocycles. The highest BCUT2D eigenvalue weighted by atomic mass is 79.9. The first-order valence-electron chi connectivity index (χ1n) is 14.9. The maximum Gasteiger partial charge on any atom is 0.228 e. The molecule has 2 aromatic rings. The van der Waals surface area contributed by atoms with Gasteiger partial charge in [0.15, 0.2) is 11.6 Å². The largest absolute Gasteiger partial charge is 0.490 e. The van der Waals surface area contributed by atoms with Crippen LogP contribution in [0.5, 0.6) is 5.75 Å². The molecule has 0 unspecified atom stereocenters. The van der Waals surface area contributed by atoms with Gasteiger partial charge in [0.2, 0.25) is 5.91 Å². The number of carbonyl (C=O) groups excluding carboxylic acids is 1. The van der Waals surface area contributed by atoms with Crippen molar-refractivity contribution < 1.29 is 13.9 Å². The first-order chi connectivity index (χ1) is 19.1. The van der Waals surface area contributed by atoms with Crippen molar-refractivity contribution >= 4 is 40.3 Å². The van der Waals surface area contributed by atoms with Gasteiger partial charge < -0.3 is 15.0 Å². The van der Waals surface area contributed by atoms with Gasteiger partial charge in [-0.1, -0.05) is 108 Å². The Kier molecular flexibility index (Phi) is 17.1. The van der Waals surface area contributed by atoms with Crippen LogP contribution < -0.4 is 10.1 Å². The van der Waals surface area contributed by atoms with Crippen molar-refractivity contribution in [2.75, 3.05) is 17.8 Å². The van der Waals surface area contributed by atoms with E-state index >= 15 is 0 Å². The number of amides is 1. The van der Waals surface area contributed by atoms with E-state index in [1.165, 1.54) is 76.0 Å². The van der Waals surface area contributed by atoms with E-state index in [0.717, 1.165) is 36.5 Å². The highest BCUT2D eigenvalue weighted by Crippen LogP contribution is 2.28. The minimum Gasteiger partial charge on any atom is -0.490 e. The third kappa shape index (κ3) is 12.3. The van der Waals surface area contributed by atoms with E-state index in [1.54, 1.807) is 23.9 Å². The fourth-order valence-electron chi connectivity index (χ4n) is 4.92. The predicted molar refractivity (Wildman–Crippen MR) is 174 cm³/mol. The van der Waals surface area contributed by atoms with Crippen LogP contribution >= 0.6 is 28.7 Å². The maximum absolute atomic E-state index is 14.6. The number of carbonyl (C=O) groups is 1. The standard InChI is InChI=1S/C33H47FN2O2S.BrH/c1-3-4-5-6-7-8-9-10-11-12-13-16-22-38-33-28(19-17-20-30(33)34)23-32(37)35-31-21-15-14-18-29(31)24-36-26-39-25-27(36)2;/h14-15,17-21,25H,3-13,16,22-24,26H2,1-2H3,(H,35,37);1H. The summed E-state index contributed by atoms with van der Waals surface area (Å²) in [5.74, 6) is 0.538. The van der Waals surface area contributed by atoms with Gasteiger partial charge in [0, 0.05) is 23.5 Å². The monoisotopic (exact) mass is 634 g/mol. The van der Waals surface area contributed by atoms with Gasteiger partial charge in [-0.25, -0.2) is 4.39 Å². The maximum atomic E-state index is 14.6. The van der Waals surface area contributed by atoms with Crippen molar-refractivity contribution in [1.82, 2.24) is 4.90 Å². The molecule has 4 nitrogen and oxygen atoms in total. The lowest BCUT2D eigenvalue weighted by molar-refractivity contribution is -0.115. The number of nitrogens with one attached hydrogen (secondary N) is 1. The van der Waals surface area contributed by atoms with E-state index in [9.17, 15) is 9.18 Å². The smallest absolute Gasteiger partial charge is 0.228 e. The highest BCUT2D eigenvalue weighted by molar-refractivity contribution is 8.93. The average molecular weight is 636 g/mol. The van der Waals surface area contributed by atoms with Crippen LogP contribution in [-0.4, -0.2) is 23.3 Å². The molecule has 1 aliphatic heterocycles. The number of thioether (sulfide) groups is 1. The molecular weight excluding hydrogens is 587 g/mol. The molecule has 2 aromatic carbocycles. The minimum absolute atomic E-state index is 0. The van der Waals surface area contributed by atoms with E-state index in [2.05, 4.69) is 29.5 Å². The summed E-state index contributed by atoms with van der Waals surface area (Å²) >= 11 is 1.78. The summed E-state index contributed by atoms with van der Waals surface area (Å²) in [5, 5.41) is 5.20. The number of para-hydroxylation sites is 2. The lowest BCUT2D eigenvalue weighted by Crippen LogP contribution is -2.20. The van der Waals surface area contributed by atoms with Gasteiger partial charge in [0.05, 0.1) is 18.9 Å². The molecule has 0 saturated heterocycles. The number of halogens is 2. The van der Waals surface area contributed by atoms with Gasteiger partial charge in [0.1, 0.15) is 0 Å². The molecule has 0 saturated carbocycles. The zero-order valence-corrected chi connectivity index (χ0v) is 26.9. The number of ether oxygens (including phenoxy) is 1. The highest BCUT2D eigenvalue weighted by Gasteiger charge is 2.17. The first kappa shape index (κ1) is 34.2. The molecule has 1 heterocycles. The second-order valence-corrected chi connectivity index (χ2v) is 11.4. The fourth-order valence-corrected chi connectivity index (χ4v) is 5.86. The van der Waals surface area contributed by atoms with Gasteiger partial charge >= 0.3 is 0 Å². The normalized spacial score (nSPS) is 12.7. The topological polar surface area (TPSA) is 41.6 Å². The molecule has 0 aliphatic carbocycles. The molecule has 0 fully saturated rings. The molecule has 0 spiro atoms. The van der Waals surface area contributed by atoms with Crippen LogP contribution in [0.25, 0.3) is 0 Å². The van der Waals surface area contributed by atoms with Gasteiger partial charge in [0.25, 0.3) is 0 Å². The van der Waals surface area contributed by atoms with Crippen LogP contribution in [0.4, 0.5) is 10.1 Å². The third-order valence-electron chi connectivity index (χ3n) is 7.28. The summed E-state index contributed by atoms with van der Waals surface area (Å²) in [5.41, 5.74) is 3.67. The zero-order valence-electron chi connectivity index (χ0n) is 24.4. The van der Waals surface area contributed by atoms with Gasteiger partial charge in [-0.2, -0.15) is 0 Å². The van der Waals surface area contributed by atoms with Crippen LogP contribution in [0.3, 0.4) is 0 Å². The molecular formula is C33H48BrFN2O2S. The Balaban J connectivity index is 0.00000560. The predicted octanol–water partition coefficient (Wildman–Crippen LogP) is 10.0. The Hall–Kier alpha value is -1.99. The van der Waals surface area contributed by atoms with Crippen molar-refractivity contribution in [2.24, 2.45) is 0 Å². The summed E-state index contributed by atoms with van der Waals surface area (Å²) in [6.45, 7) is 5.56. The Morgan fingerprint density at radius 3 is 2.17 bits per heavy atom. The van der Waals surface area contributed by atoms with Gasteiger partial charge in [-0.05, 0) is 36.4 Å². The molecule has 1 amide bonds. The number of anilines is 1. The summed E-state index contributed by atoms with van der Waals surface area (Å²) in [7, 11) is 0. The SMILES string of the molecule is Br.CCCCCCCCCCCCCCOc1c(F)cccc1CC(=O)Nc1ccccc1CN1CSC=C1C. The first-order valence-corrected chi connectivity index (χ1v) is 15.9. The lowest BCUT2D eigenvalue weighted by atomic mass is 10.1. The van der Waals surface area contributed by atoms with Crippen LogP contribution in [-0.2, 0) is 17.8 Å². The molecule has 3 rings (SSSR count). The van der Waals surface area contributed by atoms with Crippen molar-refractivity contribution in [3.05, 3.63) is 70.5 Å².